The molecule has 1 unspecified atom stereocenters. The van der Waals surface area contributed by atoms with Crippen LogP contribution in [0.3, 0.4) is 0 Å². The molecule has 0 fully saturated rings. The van der Waals surface area contributed by atoms with E-state index >= 15 is 0 Å². The number of halogens is 1. The van der Waals surface area contributed by atoms with Crippen LogP contribution in [0.1, 0.15) is 30.5 Å². The highest BCUT2D eigenvalue weighted by Crippen LogP contribution is 2.19. The minimum Gasteiger partial charge on any atom is -0.466 e. The van der Waals surface area contributed by atoms with E-state index in [9.17, 15) is 9.59 Å². The zero-order valence-corrected chi connectivity index (χ0v) is 16.1. The fourth-order valence-corrected chi connectivity index (χ4v) is 2.60. The van der Waals surface area contributed by atoms with E-state index in [1.807, 2.05) is 54.6 Å². The van der Waals surface area contributed by atoms with E-state index in [2.05, 4.69) is 27.9 Å². The second kappa shape index (κ2) is 10.0. The van der Waals surface area contributed by atoms with Gasteiger partial charge >= 0.3 is 12.1 Å². The summed E-state index contributed by atoms with van der Waals surface area (Å²) in [4.78, 5) is 24.0. The Labute approximate surface area is 160 Å². The van der Waals surface area contributed by atoms with E-state index < -0.39 is 12.1 Å². The average molecular weight is 453 g/mol. The van der Waals surface area contributed by atoms with E-state index in [0.29, 0.717) is 6.61 Å². The molecule has 0 aliphatic heterocycles. The molecule has 0 bridgehead atoms. The summed E-state index contributed by atoms with van der Waals surface area (Å²) in [5.41, 5.74) is 1.72. The molecule has 1 atom stereocenters. The Bertz CT molecular complexity index is 688. The van der Waals surface area contributed by atoms with Gasteiger partial charge in [0, 0.05) is 3.57 Å². The van der Waals surface area contributed by atoms with Crippen LogP contribution in [0, 0.1) is 3.57 Å². The van der Waals surface area contributed by atoms with Crippen molar-refractivity contribution >= 4 is 34.7 Å². The van der Waals surface area contributed by atoms with Gasteiger partial charge in [0.15, 0.2) is 0 Å². The molecule has 25 heavy (non-hydrogen) atoms. The number of nitrogens with one attached hydrogen (secondary N) is 1. The molecule has 0 saturated heterocycles. The molecule has 0 spiro atoms. The van der Waals surface area contributed by atoms with Crippen molar-refractivity contribution in [2.75, 3.05) is 6.61 Å². The molecule has 0 aliphatic rings. The molecule has 0 aliphatic carbocycles. The molecule has 0 heterocycles. The molecule has 2 aromatic carbocycles. The van der Waals surface area contributed by atoms with Crippen LogP contribution >= 0.6 is 22.6 Å². The monoisotopic (exact) mass is 453 g/mol. The molecule has 0 aromatic heterocycles. The number of amides is 1. The topological polar surface area (TPSA) is 64.6 Å². The van der Waals surface area contributed by atoms with Gasteiger partial charge in [0.1, 0.15) is 6.61 Å². The van der Waals surface area contributed by atoms with Gasteiger partial charge in [-0.25, -0.2) is 4.79 Å². The second-order valence-corrected chi connectivity index (χ2v) is 6.56. The summed E-state index contributed by atoms with van der Waals surface area (Å²) in [6, 6.07) is 16.5. The molecule has 5 nitrogen and oxygen atoms in total. The number of esters is 1. The molecule has 1 amide bonds. The van der Waals surface area contributed by atoms with Crippen LogP contribution in [0.25, 0.3) is 0 Å². The standard InChI is InChI=1S/C19H20INO4/c1-2-24-18(22)12-17(15-8-10-16(20)11-9-15)21-19(23)25-13-14-6-4-3-5-7-14/h3-11,17H,2,12-13H2,1H3,(H,21,23). The van der Waals surface area contributed by atoms with E-state index in [4.69, 9.17) is 9.47 Å². The first-order valence-electron chi connectivity index (χ1n) is 7.96. The third-order valence-corrected chi connectivity index (χ3v) is 4.17. The van der Waals surface area contributed by atoms with Gasteiger partial charge in [0.2, 0.25) is 0 Å². The van der Waals surface area contributed by atoms with Gasteiger partial charge in [-0.15, -0.1) is 0 Å². The molecule has 6 heteroatoms. The summed E-state index contributed by atoms with van der Waals surface area (Å²) >= 11 is 2.20. The number of carbonyl (C=O) groups excluding carboxylic acids is 2. The largest absolute Gasteiger partial charge is 0.466 e. The lowest BCUT2D eigenvalue weighted by Crippen LogP contribution is -2.31. The summed E-state index contributed by atoms with van der Waals surface area (Å²) in [7, 11) is 0. The van der Waals surface area contributed by atoms with Gasteiger partial charge in [-0.2, -0.15) is 0 Å². The van der Waals surface area contributed by atoms with Crippen LogP contribution < -0.4 is 5.32 Å². The van der Waals surface area contributed by atoms with Crippen LogP contribution in [0.2, 0.25) is 0 Å². The summed E-state index contributed by atoms with van der Waals surface area (Å²) in [6.45, 7) is 2.22. The maximum absolute atomic E-state index is 12.1. The van der Waals surface area contributed by atoms with Crippen LogP contribution in [0.15, 0.2) is 54.6 Å². The molecule has 0 radical (unpaired) electrons. The highest BCUT2D eigenvalue weighted by atomic mass is 127. The number of ether oxygens (including phenoxy) is 2. The van der Waals surface area contributed by atoms with Gasteiger partial charge < -0.3 is 14.8 Å². The predicted octanol–water partition coefficient (Wildman–Crippen LogP) is 4.21. The summed E-state index contributed by atoms with van der Waals surface area (Å²) in [5.74, 6) is -0.366. The molecular formula is C19H20INO4. The van der Waals surface area contributed by atoms with E-state index in [1.54, 1.807) is 6.92 Å². The normalized spacial score (nSPS) is 11.4. The van der Waals surface area contributed by atoms with Crippen molar-refractivity contribution in [3.8, 4) is 0 Å². The van der Waals surface area contributed by atoms with Gasteiger partial charge in [-0.1, -0.05) is 42.5 Å². The molecule has 2 rings (SSSR count). The molecule has 0 saturated carbocycles. The number of rotatable bonds is 7. The fraction of sp³-hybridized carbons (Fsp3) is 0.263. The summed E-state index contributed by atoms with van der Waals surface area (Å²) in [5, 5.41) is 2.75. The quantitative estimate of drug-likeness (QED) is 0.504. The summed E-state index contributed by atoms with van der Waals surface area (Å²) < 4.78 is 11.3. The lowest BCUT2D eigenvalue weighted by molar-refractivity contribution is -0.143. The highest BCUT2D eigenvalue weighted by molar-refractivity contribution is 14.1. The SMILES string of the molecule is CCOC(=O)CC(NC(=O)OCc1ccccc1)c1ccc(I)cc1. The average Bonchev–Trinajstić information content (AvgIpc) is 2.61. The number of carbonyl (C=O) groups is 2. The van der Waals surface area contributed by atoms with Crippen molar-refractivity contribution in [2.45, 2.75) is 26.0 Å². The van der Waals surface area contributed by atoms with Crippen molar-refractivity contribution in [2.24, 2.45) is 0 Å². The number of benzene rings is 2. The van der Waals surface area contributed by atoms with Crippen LogP contribution in [-0.2, 0) is 20.9 Å². The molecule has 1 N–H and O–H groups in total. The maximum atomic E-state index is 12.1. The minimum atomic E-state index is -0.572. The lowest BCUT2D eigenvalue weighted by atomic mass is 10.0. The number of hydrogen-bond acceptors (Lipinski definition) is 4. The second-order valence-electron chi connectivity index (χ2n) is 5.32. The van der Waals surface area contributed by atoms with Crippen molar-refractivity contribution in [3.63, 3.8) is 0 Å². The van der Waals surface area contributed by atoms with Crippen molar-refractivity contribution in [3.05, 3.63) is 69.3 Å². The Balaban J connectivity index is 2.00. The Morgan fingerprint density at radius 2 is 1.72 bits per heavy atom. The predicted molar refractivity (Wildman–Crippen MR) is 103 cm³/mol. The van der Waals surface area contributed by atoms with Gasteiger partial charge in [-0.05, 0) is 52.8 Å². The zero-order chi connectivity index (χ0) is 18.1. The van der Waals surface area contributed by atoms with E-state index in [-0.39, 0.29) is 19.0 Å². The first kappa shape index (κ1) is 19.2. The van der Waals surface area contributed by atoms with Crippen molar-refractivity contribution in [1.82, 2.24) is 5.32 Å². The van der Waals surface area contributed by atoms with Crippen LogP contribution in [0.5, 0.6) is 0 Å². The summed E-state index contributed by atoms with van der Waals surface area (Å²) in [6.07, 6.45) is -0.522. The van der Waals surface area contributed by atoms with E-state index in [1.165, 1.54) is 0 Å². The number of hydrogen-bond donors (Lipinski definition) is 1. The molecule has 2 aromatic rings. The Morgan fingerprint density at radius 1 is 1.04 bits per heavy atom. The molecule has 132 valence electrons. The fourth-order valence-electron chi connectivity index (χ4n) is 2.24. The first-order chi connectivity index (χ1) is 12.1. The Kier molecular flexibility index (Phi) is 7.72. The smallest absolute Gasteiger partial charge is 0.407 e. The van der Waals surface area contributed by atoms with E-state index in [0.717, 1.165) is 14.7 Å². The zero-order valence-electron chi connectivity index (χ0n) is 13.9. The van der Waals surface area contributed by atoms with Crippen LogP contribution in [0.4, 0.5) is 4.79 Å². The van der Waals surface area contributed by atoms with Crippen molar-refractivity contribution in [1.29, 1.82) is 0 Å². The lowest BCUT2D eigenvalue weighted by Gasteiger charge is -2.18. The van der Waals surface area contributed by atoms with Gasteiger partial charge in [0.05, 0.1) is 19.1 Å². The Hall–Kier alpha value is -2.09. The minimum absolute atomic E-state index is 0.0505. The Morgan fingerprint density at radius 3 is 2.36 bits per heavy atom. The van der Waals surface area contributed by atoms with Gasteiger partial charge in [0.25, 0.3) is 0 Å². The third-order valence-electron chi connectivity index (χ3n) is 3.45. The molecular weight excluding hydrogens is 433 g/mol. The third kappa shape index (κ3) is 6.74. The highest BCUT2D eigenvalue weighted by Gasteiger charge is 2.20. The van der Waals surface area contributed by atoms with Crippen molar-refractivity contribution < 1.29 is 19.1 Å². The number of alkyl carbamates (subject to hydrolysis) is 1. The van der Waals surface area contributed by atoms with Crippen LogP contribution in [-0.4, -0.2) is 18.7 Å². The maximum Gasteiger partial charge on any atom is 0.407 e. The first-order valence-corrected chi connectivity index (χ1v) is 9.04. The van der Waals surface area contributed by atoms with Gasteiger partial charge in [-0.3, -0.25) is 4.79 Å².